The van der Waals surface area contributed by atoms with Crippen LogP contribution in [0, 0.1) is 0 Å². The molecular formula is C25H24ClN7O3. The van der Waals surface area contributed by atoms with Gasteiger partial charge < -0.3 is 25.0 Å². The second-order valence-corrected chi connectivity index (χ2v) is 8.61. The number of amides is 1. The number of benzene rings is 1. The molecule has 1 aliphatic heterocycles. The monoisotopic (exact) mass is 505 g/mol. The molecule has 1 aromatic carbocycles. The van der Waals surface area contributed by atoms with Crippen LogP contribution >= 0.6 is 11.6 Å². The number of anilines is 2. The lowest BCUT2D eigenvalue weighted by atomic mass is 10.1. The Labute approximate surface area is 212 Å². The highest BCUT2D eigenvalue weighted by Gasteiger charge is 2.24. The number of nitrogens with zero attached hydrogens (tertiary/aromatic N) is 6. The van der Waals surface area contributed by atoms with Crippen molar-refractivity contribution in [2.75, 3.05) is 50.5 Å². The van der Waals surface area contributed by atoms with Gasteiger partial charge in [0, 0.05) is 49.0 Å². The molecule has 0 atom stereocenters. The Hall–Kier alpha value is -4.18. The standard InChI is InChI=1S/C25H24ClN7O3/c1-35-21-9-2-16(14-28-21)19-7-8-20-23(29-19)24(31-25(27)30-20)33-12-10-32(11-13-33)22(34)15-36-18-5-3-17(26)4-6-18/h2-9,14H,10-13,15H2,1H3,(H2,27,30,31). The van der Waals surface area contributed by atoms with E-state index in [1.807, 2.05) is 18.2 Å². The van der Waals surface area contributed by atoms with Gasteiger partial charge in [-0.1, -0.05) is 11.6 Å². The number of piperazine rings is 1. The third kappa shape index (κ3) is 5.08. The zero-order chi connectivity index (χ0) is 25.1. The van der Waals surface area contributed by atoms with E-state index in [0.717, 1.165) is 11.3 Å². The largest absolute Gasteiger partial charge is 0.484 e. The summed E-state index contributed by atoms with van der Waals surface area (Å²) in [7, 11) is 1.57. The zero-order valence-electron chi connectivity index (χ0n) is 19.6. The van der Waals surface area contributed by atoms with Crippen LogP contribution in [0.4, 0.5) is 11.8 Å². The average molecular weight is 506 g/mol. The van der Waals surface area contributed by atoms with Crippen LogP contribution in [0.3, 0.4) is 0 Å². The first kappa shape index (κ1) is 23.6. The molecule has 10 nitrogen and oxygen atoms in total. The van der Waals surface area contributed by atoms with Gasteiger partial charge >= 0.3 is 0 Å². The smallest absolute Gasteiger partial charge is 0.260 e. The molecule has 0 unspecified atom stereocenters. The highest BCUT2D eigenvalue weighted by molar-refractivity contribution is 6.30. The summed E-state index contributed by atoms with van der Waals surface area (Å²) in [5.41, 5.74) is 8.88. The van der Waals surface area contributed by atoms with Crippen LogP contribution < -0.4 is 20.1 Å². The van der Waals surface area contributed by atoms with Gasteiger partial charge in [0.2, 0.25) is 11.8 Å². The maximum atomic E-state index is 12.7. The maximum Gasteiger partial charge on any atom is 0.260 e. The first-order valence-corrected chi connectivity index (χ1v) is 11.7. The molecule has 3 aromatic heterocycles. The summed E-state index contributed by atoms with van der Waals surface area (Å²) in [4.78, 5) is 34.5. The SMILES string of the molecule is COc1ccc(-c2ccc3nc(N)nc(N4CCN(C(=O)COc5ccc(Cl)cc5)CC4)c3n2)cn1. The number of nitrogen functional groups attached to an aromatic ring is 1. The van der Waals surface area contributed by atoms with Crippen molar-refractivity contribution in [3.05, 3.63) is 59.8 Å². The normalized spacial score (nSPS) is 13.6. The van der Waals surface area contributed by atoms with E-state index in [9.17, 15) is 4.79 Å². The minimum atomic E-state index is -0.0796. The Bertz CT molecular complexity index is 1380. The van der Waals surface area contributed by atoms with Crippen LogP contribution in [0.25, 0.3) is 22.3 Å². The number of fused-ring (bicyclic) bond motifs is 1. The molecule has 0 radical (unpaired) electrons. The molecule has 4 heterocycles. The maximum absolute atomic E-state index is 12.7. The number of aromatic nitrogens is 4. The van der Waals surface area contributed by atoms with E-state index < -0.39 is 0 Å². The molecule has 184 valence electrons. The number of nitrogens with two attached hydrogens (primary N) is 1. The van der Waals surface area contributed by atoms with Crippen molar-refractivity contribution in [1.82, 2.24) is 24.8 Å². The number of ether oxygens (including phenoxy) is 2. The fraction of sp³-hybridized carbons (Fsp3) is 0.240. The number of halogens is 1. The summed E-state index contributed by atoms with van der Waals surface area (Å²) >= 11 is 5.89. The average Bonchev–Trinajstić information content (AvgIpc) is 2.92. The molecule has 0 spiro atoms. The number of hydrogen-bond acceptors (Lipinski definition) is 9. The molecule has 1 saturated heterocycles. The number of hydrogen-bond donors (Lipinski definition) is 1. The number of methoxy groups -OCH3 is 1. The third-order valence-corrected chi connectivity index (χ3v) is 6.14. The van der Waals surface area contributed by atoms with Crippen LogP contribution in [0.15, 0.2) is 54.7 Å². The first-order valence-electron chi connectivity index (χ1n) is 11.4. The second-order valence-electron chi connectivity index (χ2n) is 8.17. The fourth-order valence-electron chi connectivity index (χ4n) is 3.99. The zero-order valence-corrected chi connectivity index (χ0v) is 20.4. The lowest BCUT2D eigenvalue weighted by molar-refractivity contribution is -0.133. The van der Waals surface area contributed by atoms with E-state index in [4.69, 9.17) is 31.8 Å². The summed E-state index contributed by atoms with van der Waals surface area (Å²) in [5.74, 6) is 1.87. The minimum Gasteiger partial charge on any atom is -0.484 e. The summed E-state index contributed by atoms with van der Waals surface area (Å²) in [6, 6.07) is 14.4. The highest BCUT2D eigenvalue weighted by Crippen LogP contribution is 2.28. The molecule has 4 aromatic rings. The molecule has 1 amide bonds. The van der Waals surface area contributed by atoms with E-state index in [0.29, 0.717) is 59.7 Å². The van der Waals surface area contributed by atoms with Gasteiger partial charge in [-0.3, -0.25) is 4.79 Å². The van der Waals surface area contributed by atoms with Gasteiger partial charge in [-0.2, -0.15) is 4.98 Å². The quantitative estimate of drug-likeness (QED) is 0.421. The van der Waals surface area contributed by atoms with Crippen LogP contribution in [0.2, 0.25) is 5.02 Å². The van der Waals surface area contributed by atoms with E-state index >= 15 is 0 Å². The van der Waals surface area contributed by atoms with Gasteiger partial charge in [0.15, 0.2) is 12.4 Å². The summed E-state index contributed by atoms with van der Waals surface area (Å²) in [6.07, 6.45) is 1.71. The molecule has 0 aliphatic carbocycles. The number of rotatable bonds is 6. The Morgan fingerprint density at radius 3 is 2.47 bits per heavy atom. The Balaban J connectivity index is 1.30. The van der Waals surface area contributed by atoms with Gasteiger partial charge in [0.1, 0.15) is 11.3 Å². The van der Waals surface area contributed by atoms with E-state index in [1.54, 1.807) is 48.5 Å². The van der Waals surface area contributed by atoms with E-state index in [1.165, 1.54) is 0 Å². The predicted octanol–water partition coefficient (Wildman–Crippen LogP) is 3.06. The van der Waals surface area contributed by atoms with Crippen molar-refractivity contribution in [3.63, 3.8) is 0 Å². The van der Waals surface area contributed by atoms with Crippen molar-refractivity contribution in [2.24, 2.45) is 0 Å². The molecule has 5 rings (SSSR count). The van der Waals surface area contributed by atoms with Crippen molar-refractivity contribution in [1.29, 1.82) is 0 Å². The van der Waals surface area contributed by atoms with Crippen LogP contribution in [-0.2, 0) is 4.79 Å². The molecule has 0 saturated carbocycles. The third-order valence-electron chi connectivity index (χ3n) is 5.89. The number of pyridine rings is 2. The van der Waals surface area contributed by atoms with Crippen LogP contribution in [0.1, 0.15) is 0 Å². The van der Waals surface area contributed by atoms with Gasteiger partial charge in [-0.15, -0.1) is 0 Å². The Kier molecular flexibility index (Phi) is 6.68. The minimum absolute atomic E-state index is 0.0359. The molecule has 2 N–H and O–H groups in total. The number of carbonyl (C=O) groups excluding carboxylic acids is 1. The van der Waals surface area contributed by atoms with Crippen molar-refractivity contribution >= 4 is 40.3 Å². The molecular weight excluding hydrogens is 482 g/mol. The van der Waals surface area contributed by atoms with Gasteiger partial charge in [-0.05, 0) is 42.5 Å². The summed E-state index contributed by atoms with van der Waals surface area (Å²) in [6.45, 7) is 2.17. The van der Waals surface area contributed by atoms with Crippen LogP contribution in [0.5, 0.6) is 11.6 Å². The Morgan fingerprint density at radius 2 is 1.78 bits per heavy atom. The van der Waals surface area contributed by atoms with Gasteiger partial charge in [0.05, 0.1) is 18.3 Å². The van der Waals surface area contributed by atoms with Crippen molar-refractivity contribution in [3.8, 4) is 22.9 Å². The molecule has 1 fully saturated rings. The molecule has 0 bridgehead atoms. The first-order chi connectivity index (χ1) is 17.5. The van der Waals surface area contributed by atoms with Gasteiger partial charge in [-0.25, -0.2) is 15.0 Å². The van der Waals surface area contributed by atoms with E-state index in [-0.39, 0.29) is 18.5 Å². The lowest BCUT2D eigenvalue weighted by Crippen LogP contribution is -2.50. The number of carbonyl (C=O) groups is 1. The summed E-state index contributed by atoms with van der Waals surface area (Å²) < 4.78 is 10.7. The lowest BCUT2D eigenvalue weighted by Gasteiger charge is -2.35. The summed E-state index contributed by atoms with van der Waals surface area (Å²) in [5, 5.41) is 0.616. The van der Waals surface area contributed by atoms with E-state index in [2.05, 4.69) is 19.9 Å². The van der Waals surface area contributed by atoms with Crippen molar-refractivity contribution < 1.29 is 14.3 Å². The van der Waals surface area contributed by atoms with Crippen LogP contribution in [-0.4, -0.2) is 70.6 Å². The van der Waals surface area contributed by atoms with Crippen molar-refractivity contribution in [2.45, 2.75) is 0 Å². The predicted molar refractivity (Wildman–Crippen MR) is 137 cm³/mol. The molecule has 1 aliphatic rings. The highest BCUT2D eigenvalue weighted by atomic mass is 35.5. The fourth-order valence-corrected chi connectivity index (χ4v) is 4.11. The molecule has 11 heteroatoms. The molecule has 36 heavy (non-hydrogen) atoms. The van der Waals surface area contributed by atoms with Gasteiger partial charge in [0.25, 0.3) is 5.91 Å². The second kappa shape index (κ2) is 10.2. The topological polar surface area (TPSA) is 120 Å². The Morgan fingerprint density at radius 1 is 1.00 bits per heavy atom.